The highest BCUT2D eigenvalue weighted by molar-refractivity contribution is 6.08. The molecule has 1 aliphatic rings. The van der Waals surface area contributed by atoms with Crippen LogP contribution in [0.1, 0.15) is 61.2 Å². The predicted molar refractivity (Wildman–Crippen MR) is 122 cm³/mol. The van der Waals surface area contributed by atoms with Crippen molar-refractivity contribution < 1.29 is 24.9 Å². The highest BCUT2D eigenvalue weighted by atomic mass is 16.5. The van der Waals surface area contributed by atoms with Crippen LogP contribution in [-0.2, 0) is 12.8 Å². The van der Waals surface area contributed by atoms with Crippen LogP contribution in [-0.4, -0.2) is 32.8 Å². The Balaban J connectivity index is 1.76. The number of aliphatic hydroxyl groups is 1. The number of phenols is 2. The van der Waals surface area contributed by atoms with Gasteiger partial charge in [-0.05, 0) is 81.5 Å². The molecule has 5 heteroatoms. The second kappa shape index (κ2) is 8.98. The number of aryl methyl sites for hydroxylation is 1. The van der Waals surface area contributed by atoms with E-state index >= 15 is 0 Å². The molecule has 0 fully saturated rings. The number of hydrogen-bond donors (Lipinski definition) is 3. The average Bonchev–Trinajstić information content (AvgIpc) is 3.10. The summed E-state index contributed by atoms with van der Waals surface area (Å²) in [5, 5.41) is 30.6. The van der Waals surface area contributed by atoms with E-state index in [2.05, 4.69) is 6.08 Å². The molecule has 0 spiro atoms. The summed E-state index contributed by atoms with van der Waals surface area (Å²) in [7, 11) is 0. The number of ketones is 1. The molecule has 1 heterocycles. The monoisotopic (exact) mass is 422 g/mol. The van der Waals surface area contributed by atoms with Crippen LogP contribution in [0.3, 0.4) is 0 Å². The Morgan fingerprint density at radius 1 is 1.16 bits per heavy atom. The number of fused-ring (bicyclic) bond motifs is 1. The fraction of sp³-hybridized carbons (Fsp3) is 0.346. The number of carbonyl (C=O) groups is 1. The number of rotatable bonds is 7. The van der Waals surface area contributed by atoms with E-state index in [9.17, 15) is 20.1 Å². The first-order valence-corrected chi connectivity index (χ1v) is 10.5. The Morgan fingerprint density at radius 3 is 2.58 bits per heavy atom. The van der Waals surface area contributed by atoms with Crippen LogP contribution in [0.4, 0.5) is 0 Å². The molecule has 0 unspecified atom stereocenters. The molecule has 0 aliphatic carbocycles. The number of phenolic OH excluding ortho intramolecular Hbond substituents is 2. The summed E-state index contributed by atoms with van der Waals surface area (Å²) in [6, 6.07) is 8.30. The minimum Gasteiger partial charge on any atom is -0.508 e. The van der Waals surface area contributed by atoms with Gasteiger partial charge in [0.1, 0.15) is 23.4 Å². The third kappa shape index (κ3) is 5.56. The van der Waals surface area contributed by atoms with Gasteiger partial charge in [-0.2, -0.15) is 0 Å². The summed E-state index contributed by atoms with van der Waals surface area (Å²) >= 11 is 0. The van der Waals surface area contributed by atoms with E-state index in [4.69, 9.17) is 4.74 Å². The van der Waals surface area contributed by atoms with E-state index in [1.54, 1.807) is 38.1 Å². The van der Waals surface area contributed by atoms with Crippen molar-refractivity contribution in [2.24, 2.45) is 0 Å². The molecule has 3 rings (SSSR count). The molecular formula is C26H30O5. The van der Waals surface area contributed by atoms with Gasteiger partial charge in [0.15, 0.2) is 5.78 Å². The Morgan fingerprint density at radius 2 is 1.90 bits per heavy atom. The molecule has 2 aromatic rings. The lowest BCUT2D eigenvalue weighted by atomic mass is 9.95. The second-order valence-electron chi connectivity index (χ2n) is 8.85. The van der Waals surface area contributed by atoms with Crippen LogP contribution in [0.25, 0.3) is 6.08 Å². The fourth-order valence-corrected chi connectivity index (χ4v) is 3.56. The van der Waals surface area contributed by atoms with Crippen LogP contribution < -0.4 is 4.74 Å². The number of allylic oxidation sites excluding steroid dienone is 3. The van der Waals surface area contributed by atoms with Crippen LogP contribution in [0.15, 0.2) is 48.1 Å². The van der Waals surface area contributed by atoms with E-state index in [-0.39, 0.29) is 22.8 Å². The van der Waals surface area contributed by atoms with Crippen molar-refractivity contribution in [1.82, 2.24) is 0 Å². The summed E-state index contributed by atoms with van der Waals surface area (Å²) in [5.74, 6) is 0.247. The van der Waals surface area contributed by atoms with Gasteiger partial charge >= 0.3 is 0 Å². The molecule has 164 valence electrons. The molecule has 0 saturated heterocycles. The van der Waals surface area contributed by atoms with Gasteiger partial charge in [0.2, 0.25) is 0 Å². The molecule has 2 aromatic carbocycles. The minimum absolute atomic E-state index is 0.155. The fourth-order valence-electron chi connectivity index (χ4n) is 3.56. The quantitative estimate of drug-likeness (QED) is 0.333. The molecule has 0 amide bonds. The lowest BCUT2D eigenvalue weighted by molar-refractivity contribution is -0.0230. The standard InChI is InChI=1S/C26H30O5/c1-16(2)6-5-7-18-12-17(8-10-21(18)27)9-11-22(28)20-13-19-14-25(26(3,4)30)31-24(19)15-23(20)29/h6,8-13,15,25,27,29-30H,5,7,14H2,1-4H3/b11-9+/t25-/m1/s1. The van der Waals surface area contributed by atoms with Crippen molar-refractivity contribution in [2.45, 2.75) is 58.7 Å². The summed E-state index contributed by atoms with van der Waals surface area (Å²) < 4.78 is 5.72. The number of carbonyl (C=O) groups excluding carboxylic acids is 1. The van der Waals surface area contributed by atoms with Crippen molar-refractivity contribution >= 4 is 11.9 Å². The molecular weight excluding hydrogens is 392 g/mol. The number of hydrogen-bond acceptors (Lipinski definition) is 5. The average molecular weight is 423 g/mol. The maximum absolute atomic E-state index is 12.7. The zero-order chi connectivity index (χ0) is 22.8. The van der Waals surface area contributed by atoms with Crippen molar-refractivity contribution in [3.05, 3.63) is 70.3 Å². The topological polar surface area (TPSA) is 87.0 Å². The third-order valence-electron chi connectivity index (χ3n) is 5.40. The predicted octanol–water partition coefficient (Wildman–Crippen LogP) is 4.97. The van der Waals surface area contributed by atoms with Crippen LogP contribution in [0, 0.1) is 0 Å². The molecule has 0 aromatic heterocycles. The third-order valence-corrected chi connectivity index (χ3v) is 5.40. The molecule has 0 radical (unpaired) electrons. The highest BCUT2D eigenvalue weighted by Gasteiger charge is 2.35. The normalized spacial score (nSPS) is 15.6. The first kappa shape index (κ1) is 22.6. The first-order valence-electron chi connectivity index (χ1n) is 10.5. The summed E-state index contributed by atoms with van der Waals surface area (Å²) in [4.78, 5) is 12.7. The lowest BCUT2D eigenvalue weighted by Gasteiger charge is -2.24. The number of benzene rings is 2. The Hall–Kier alpha value is -3.05. The molecule has 0 bridgehead atoms. The Kier molecular flexibility index (Phi) is 6.56. The van der Waals surface area contributed by atoms with E-state index in [1.807, 2.05) is 19.9 Å². The summed E-state index contributed by atoms with van der Waals surface area (Å²) in [6.45, 7) is 7.42. The van der Waals surface area contributed by atoms with E-state index in [0.717, 1.165) is 23.1 Å². The lowest BCUT2D eigenvalue weighted by Crippen LogP contribution is -2.39. The van der Waals surface area contributed by atoms with Gasteiger partial charge < -0.3 is 20.1 Å². The van der Waals surface area contributed by atoms with E-state index < -0.39 is 11.7 Å². The molecule has 1 aliphatic heterocycles. The van der Waals surface area contributed by atoms with Gasteiger partial charge in [-0.15, -0.1) is 0 Å². The molecule has 5 nitrogen and oxygen atoms in total. The van der Waals surface area contributed by atoms with Crippen molar-refractivity contribution in [2.75, 3.05) is 0 Å². The van der Waals surface area contributed by atoms with Crippen molar-refractivity contribution in [1.29, 1.82) is 0 Å². The summed E-state index contributed by atoms with van der Waals surface area (Å²) in [6.07, 6.45) is 6.79. The molecule has 31 heavy (non-hydrogen) atoms. The first-order chi connectivity index (χ1) is 14.5. The number of aromatic hydroxyl groups is 2. The van der Waals surface area contributed by atoms with Crippen LogP contribution in [0.5, 0.6) is 17.2 Å². The largest absolute Gasteiger partial charge is 0.508 e. The summed E-state index contributed by atoms with van der Waals surface area (Å²) in [5.41, 5.74) is 2.80. The van der Waals surface area contributed by atoms with Gasteiger partial charge in [0, 0.05) is 12.5 Å². The zero-order valence-electron chi connectivity index (χ0n) is 18.5. The van der Waals surface area contributed by atoms with Crippen molar-refractivity contribution in [3.63, 3.8) is 0 Å². The second-order valence-corrected chi connectivity index (χ2v) is 8.85. The molecule has 1 atom stereocenters. The number of ether oxygens (including phenoxy) is 1. The Labute approximate surface area is 183 Å². The maximum Gasteiger partial charge on any atom is 0.189 e. The van der Waals surface area contributed by atoms with Gasteiger partial charge in [-0.3, -0.25) is 4.79 Å². The smallest absolute Gasteiger partial charge is 0.189 e. The van der Waals surface area contributed by atoms with Crippen molar-refractivity contribution in [3.8, 4) is 17.2 Å². The highest BCUT2D eigenvalue weighted by Crippen LogP contribution is 2.37. The van der Waals surface area contributed by atoms with Gasteiger partial charge in [-0.1, -0.05) is 23.8 Å². The molecule has 3 N–H and O–H groups in total. The zero-order valence-corrected chi connectivity index (χ0v) is 18.5. The maximum atomic E-state index is 12.7. The van der Waals surface area contributed by atoms with Gasteiger partial charge in [0.05, 0.1) is 11.2 Å². The molecule has 0 saturated carbocycles. The van der Waals surface area contributed by atoms with Gasteiger partial charge in [0.25, 0.3) is 0 Å². The van der Waals surface area contributed by atoms with E-state index in [0.29, 0.717) is 18.6 Å². The van der Waals surface area contributed by atoms with Gasteiger partial charge in [-0.25, -0.2) is 0 Å². The minimum atomic E-state index is -1.03. The van der Waals surface area contributed by atoms with Crippen LogP contribution in [0.2, 0.25) is 0 Å². The van der Waals surface area contributed by atoms with E-state index in [1.165, 1.54) is 17.7 Å². The van der Waals surface area contributed by atoms with Crippen LogP contribution >= 0.6 is 0 Å². The SMILES string of the molecule is CC(C)=CCCc1cc(/C=C/C(=O)c2cc3c(cc2O)O[C@@H](C(C)(C)O)C3)ccc1O. The Bertz CT molecular complexity index is 1040.